The Labute approximate surface area is 89.9 Å². The number of hydrogen-bond donors (Lipinski definition) is 1. The van der Waals surface area contributed by atoms with Crippen LogP contribution in [0.3, 0.4) is 0 Å². The molecule has 2 heterocycles. The molecular formula is C11H18N2S. The van der Waals surface area contributed by atoms with E-state index >= 15 is 0 Å². The lowest BCUT2D eigenvalue weighted by atomic mass is 10.2. The van der Waals surface area contributed by atoms with Gasteiger partial charge in [0, 0.05) is 24.5 Å². The molecule has 0 aliphatic carbocycles. The second-order valence-electron chi connectivity index (χ2n) is 3.91. The molecule has 1 aromatic heterocycles. The largest absolute Gasteiger partial charge is 0.250 e. The number of hydrazine groups is 1. The van der Waals surface area contributed by atoms with Crippen LogP contribution < -0.4 is 5.43 Å². The van der Waals surface area contributed by atoms with Crippen LogP contribution in [0.1, 0.15) is 29.7 Å². The fourth-order valence-corrected chi connectivity index (χ4v) is 2.66. The lowest BCUT2D eigenvalue weighted by Crippen LogP contribution is -2.41. The summed E-state index contributed by atoms with van der Waals surface area (Å²) in [7, 11) is 0. The molecule has 2 nitrogen and oxygen atoms in total. The molecule has 14 heavy (non-hydrogen) atoms. The molecule has 0 spiro atoms. The Morgan fingerprint density at radius 3 is 2.79 bits per heavy atom. The highest BCUT2D eigenvalue weighted by molar-refractivity contribution is 7.10. The first-order valence-electron chi connectivity index (χ1n) is 5.38. The maximum Gasteiger partial charge on any atom is 0.0450 e. The van der Waals surface area contributed by atoms with Gasteiger partial charge < -0.3 is 0 Å². The third-order valence-electron chi connectivity index (χ3n) is 2.79. The zero-order chi connectivity index (χ0) is 9.80. The van der Waals surface area contributed by atoms with Crippen molar-refractivity contribution in [1.82, 2.24) is 10.4 Å². The fraction of sp³-hybridized carbons (Fsp3) is 0.636. The number of thiophene rings is 1. The van der Waals surface area contributed by atoms with Crippen molar-refractivity contribution in [2.24, 2.45) is 0 Å². The van der Waals surface area contributed by atoms with Crippen LogP contribution >= 0.6 is 11.3 Å². The van der Waals surface area contributed by atoms with E-state index in [-0.39, 0.29) is 0 Å². The van der Waals surface area contributed by atoms with Gasteiger partial charge in [-0.05, 0) is 36.8 Å². The third-order valence-corrected chi connectivity index (χ3v) is 3.81. The number of nitrogens with one attached hydrogen (secondary N) is 1. The predicted molar refractivity (Wildman–Crippen MR) is 61.3 cm³/mol. The van der Waals surface area contributed by atoms with Crippen LogP contribution in [0.2, 0.25) is 0 Å². The first-order valence-corrected chi connectivity index (χ1v) is 6.25. The Morgan fingerprint density at radius 2 is 2.14 bits per heavy atom. The van der Waals surface area contributed by atoms with Gasteiger partial charge in [0.25, 0.3) is 0 Å². The first-order chi connectivity index (χ1) is 6.86. The molecule has 3 heteroatoms. The van der Waals surface area contributed by atoms with Gasteiger partial charge in [-0.15, -0.1) is 11.3 Å². The number of aryl methyl sites for hydroxylation is 1. The molecule has 1 aliphatic rings. The Kier molecular flexibility index (Phi) is 3.56. The SMILES string of the molecule is Cc1ccsc1CNN1CCCCC1. The molecule has 1 fully saturated rings. The third kappa shape index (κ3) is 2.56. The highest BCUT2D eigenvalue weighted by atomic mass is 32.1. The van der Waals surface area contributed by atoms with Gasteiger partial charge in [0.1, 0.15) is 0 Å². The average Bonchev–Trinajstić information content (AvgIpc) is 2.63. The molecule has 0 unspecified atom stereocenters. The van der Waals surface area contributed by atoms with E-state index in [1.807, 2.05) is 11.3 Å². The zero-order valence-electron chi connectivity index (χ0n) is 8.75. The van der Waals surface area contributed by atoms with Gasteiger partial charge in [-0.1, -0.05) is 6.42 Å². The first kappa shape index (κ1) is 10.1. The standard InChI is InChI=1S/C11H18N2S/c1-10-5-8-14-11(10)9-12-13-6-3-2-4-7-13/h5,8,12H,2-4,6-7,9H2,1H3. The summed E-state index contributed by atoms with van der Waals surface area (Å²) in [5.41, 5.74) is 4.92. The van der Waals surface area contributed by atoms with Crippen molar-refractivity contribution < 1.29 is 0 Å². The molecule has 2 rings (SSSR count). The Morgan fingerprint density at radius 1 is 1.36 bits per heavy atom. The second kappa shape index (κ2) is 4.91. The van der Waals surface area contributed by atoms with Gasteiger partial charge in [-0.2, -0.15) is 0 Å². The number of piperidine rings is 1. The molecule has 0 radical (unpaired) electrons. The molecule has 78 valence electrons. The smallest absolute Gasteiger partial charge is 0.0450 e. The molecule has 0 atom stereocenters. The lowest BCUT2D eigenvalue weighted by Gasteiger charge is -2.26. The molecule has 1 N–H and O–H groups in total. The van der Waals surface area contributed by atoms with Crippen LogP contribution in [0.4, 0.5) is 0 Å². The van der Waals surface area contributed by atoms with Crippen molar-refractivity contribution in [1.29, 1.82) is 0 Å². The van der Waals surface area contributed by atoms with E-state index in [9.17, 15) is 0 Å². The second-order valence-corrected chi connectivity index (χ2v) is 4.91. The molecule has 1 saturated heterocycles. The Hall–Kier alpha value is -0.380. The molecule has 1 aliphatic heterocycles. The maximum atomic E-state index is 3.51. The van der Waals surface area contributed by atoms with E-state index in [0.717, 1.165) is 6.54 Å². The van der Waals surface area contributed by atoms with Crippen LogP contribution in [0.5, 0.6) is 0 Å². The van der Waals surface area contributed by atoms with E-state index in [1.54, 1.807) is 0 Å². The van der Waals surface area contributed by atoms with Crippen LogP contribution in [-0.4, -0.2) is 18.1 Å². The topological polar surface area (TPSA) is 15.3 Å². The van der Waals surface area contributed by atoms with Crippen molar-refractivity contribution in [3.05, 3.63) is 21.9 Å². The summed E-state index contributed by atoms with van der Waals surface area (Å²) in [6, 6.07) is 2.19. The van der Waals surface area contributed by atoms with Gasteiger partial charge >= 0.3 is 0 Å². The van der Waals surface area contributed by atoms with Crippen LogP contribution in [0.15, 0.2) is 11.4 Å². The van der Waals surface area contributed by atoms with E-state index in [4.69, 9.17) is 0 Å². The minimum absolute atomic E-state index is 1.00. The normalized spacial score (nSPS) is 18.6. The summed E-state index contributed by atoms with van der Waals surface area (Å²) >= 11 is 1.85. The van der Waals surface area contributed by atoms with E-state index in [1.165, 1.54) is 42.8 Å². The predicted octanol–water partition coefficient (Wildman–Crippen LogP) is 2.55. The Balaban J connectivity index is 1.79. The lowest BCUT2D eigenvalue weighted by molar-refractivity contribution is 0.151. The summed E-state index contributed by atoms with van der Waals surface area (Å²) in [5.74, 6) is 0. The summed E-state index contributed by atoms with van der Waals surface area (Å²) in [6.07, 6.45) is 4.09. The van der Waals surface area contributed by atoms with E-state index in [0.29, 0.717) is 0 Å². The zero-order valence-corrected chi connectivity index (χ0v) is 9.57. The molecule has 0 saturated carbocycles. The van der Waals surface area contributed by atoms with E-state index in [2.05, 4.69) is 28.8 Å². The monoisotopic (exact) mass is 210 g/mol. The molecular weight excluding hydrogens is 192 g/mol. The summed E-state index contributed by atoms with van der Waals surface area (Å²) < 4.78 is 0. The van der Waals surface area contributed by atoms with Gasteiger partial charge in [-0.25, -0.2) is 10.4 Å². The van der Waals surface area contributed by atoms with Crippen LogP contribution in [0.25, 0.3) is 0 Å². The highest BCUT2D eigenvalue weighted by Gasteiger charge is 2.09. The summed E-state index contributed by atoms with van der Waals surface area (Å²) in [4.78, 5) is 1.47. The number of rotatable bonds is 3. The average molecular weight is 210 g/mol. The quantitative estimate of drug-likeness (QED) is 0.825. The van der Waals surface area contributed by atoms with Crippen molar-refractivity contribution >= 4 is 11.3 Å². The molecule has 0 bridgehead atoms. The summed E-state index contributed by atoms with van der Waals surface area (Å²) in [5, 5.41) is 4.53. The van der Waals surface area contributed by atoms with Crippen LogP contribution in [-0.2, 0) is 6.54 Å². The van der Waals surface area contributed by atoms with Crippen LogP contribution in [0, 0.1) is 6.92 Å². The number of nitrogens with zero attached hydrogens (tertiary/aromatic N) is 1. The van der Waals surface area contributed by atoms with Gasteiger partial charge in [-0.3, -0.25) is 0 Å². The van der Waals surface area contributed by atoms with Crippen molar-refractivity contribution in [3.63, 3.8) is 0 Å². The van der Waals surface area contributed by atoms with E-state index < -0.39 is 0 Å². The number of hydrogen-bond acceptors (Lipinski definition) is 3. The highest BCUT2D eigenvalue weighted by Crippen LogP contribution is 2.15. The minimum atomic E-state index is 1.00. The van der Waals surface area contributed by atoms with Crippen molar-refractivity contribution in [2.75, 3.05) is 13.1 Å². The van der Waals surface area contributed by atoms with Gasteiger partial charge in [0.15, 0.2) is 0 Å². The Bertz CT molecular complexity index is 277. The molecule has 1 aromatic rings. The minimum Gasteiger partial charge on any atom is -0.250 e. The van der Waals surface area contributed by atoms with Crippen molar-refractivity contribution in [3.8, 4) is 0 Å². The maximum absolute atomic E-state index is 3.51. The summed E-state index contributed by atoms with van der Waals surface area (Å²) in [6.45, 7) is 5.61. The van der Waals surface area contributed by atoms with Crippen molar-refractivity contribution in [2.45, 2.75) is 32.7 Å². The fourth-order valence-electron chi connectivity index (χ4n) is 1.82. The molecule has 0 amide bonds. The molecule has 0 aromatic carbocycles. The van der Waals surface area contributed by atoms with Gasteiger partial charge in [0.2, 0.25) is 0 Å². The van der Waals surface area contributed by atoms with Gasteiger partial charge in [0.05, 0.1) is 0 Å².